The van der Waals surface area contributed by atoms with E-state index in [-0.39, 0.29) is 24.2 Å². The minimum atomic E-state index is -0.381. The molecule has 2 aromatic carbocycles. The van der Waals surface area contributed by atoms with Crippen molar-refractivity contribution in [3.05, 3.63) is 53.6 Å². The van der Waals surface area contributed by atoms with Gasteiger partial charge >= 0.3 is 0 Å². The zero-order valence-electron chi connectivity index (χ0n) is 15.8. The molecule has 142 valence electrons. The first kappa shape index (κ1) is 18.8. The Morgan fingerprint density at radius 2 is 1.96 bits per heavy atom. The fraction of sp³-hybridized carbons (Fsp3) is 0.333. The maximum Gasteiger partial charge on any atom is 0.227 e. The normalized spacial score (nSPS) is 16.3. The summed E-state index contributed by atoms with van der Waals surface area (Å²) in [5.74, 6) is 0.614. The van der Waals surface area contributed by atoms with Crippen LogP contribution in [0.5, 0.6) is 11.5 Å². The van der Waals surface area contributed by atoms with Crippen molar-refractivity contribution < 1.29 is 19.1 Å². The summed E-state index contributed by atoms with van der Waals surface area (Å²) in [6.07, 6.45) is 0.189. The van der Waals surface area contributed by atoms with Crippen LogP contribution < -0.4 is 19.7 Å². The number of hydrogen-bond acceptors (Lipinski definition) is 4. The van der Waals surface area contributed by atoms with Crippen molar-refractivity contribution in [2.45, 2.75) is 19.9 Å². The van der Waals surface area contributed by atoms with Crippen LogP contribution in [0.25, 0.3) is 0 Å². The Kier molecular flexibility index (Phi) is 5.64. The molecule has 6 heteroatoms. The van der Waals surface area contributed by atoms with Gasteiger partial charge in [-0.2, -0.15) is 0 Å². The van der Waals surface area contributed by atoms with Crippen molar-refractivity contribution in [3.63, 3.8) is 0 Å². The van der Waals surface area contributed by atoms with Crippen molar-refractivity contribution >= 4 is 17.5 Å². The number of nitrogens with one attached hydrogen (secondary N) is 1. The van der Waals surface area contributed by atoms with Crippen LogP contribution in [0.3, 0.4) is 0 Å². The molecule has 1 aliphatic heterocycles. The molecule has 1 saturated heterocycles. The van der Waals surface area contributed by atoms with Gasteiger partial charge in [0, 0.05) is 25.6 Å². The molecule has 0 aromatic heterocycles. The number of hydrogen-bond donors (Lipinski definition) is 1. The molecular formula is C21H24N2O4. The Bertz CT molecular complexity index is 850. The third-order valence-corrected chi connectivity index (χ3v) is 4.89. The molecule has 1 aliphatic rings. The molecule has 1 unspecified atom stereocenters. The second-order valence-electron chi connectivity index (χ2n) is 6.59. The Morgan fingerprint density at radius 1 is 1.19 bits per heavy atom. The number of rotatable bonds is 6. The molecule has 0 aliphatic carbocycles. The molecule has 2 amide bonds. The smallest absolute Gasteiger partial charge is 0.227 e. The van der Waals surface area contributed by atoms with Gasteiger partial charge in [-0.3, -0.25) is 9.59 Å². The van der Waals surface area contributed by atoms with Gasteiger partial charge in [0.25, 0.3) is 0 Å². The van der Waals surface area contributed by atoms with Crippen LogP contribution in [0.2, 0.25) is 0 Å². The highest BCUT2D eigenvalue weighted by Gasteiger charge is 2.36. The summed E-state index contributed by atoms with van der Waals surface area (Å²) in [5, 5.41) is 2.95. The van der Waals surface area contributed by atoms with Crippen LogP contribution in [0.15, 0.2) is 42.5 Å². The molecule has 0 spiro atoms. The van der Waals surface area contributed by atoms with Crippen LogP contribution in [0, 0.1) is 12.8 Å². The highest BCUT2D eigenvalue weighted by atomic mass is 16.5. The van der Waals surface area contributed by atoms with E-state index in [0.717, 1.165) is 11.1 Å². The van der Waals surface area contributed by atoms with E-state index in [1.165, 1.54) is 0 Å². The second-order valence-corrected chi connectivity index (χ2v) is 6.59. The summed E-state index contributed by atoms with van der Waals surface area (Å²) in [5.41, 5.74) is 2.85. The zero-order chi connectivity index (χ0) is 19.4. The highest BCUT2D eigenvalue weighted by Crippen LogP contribution is 2.35. The van der Waals surface area contributed by atoms with Gasteiger partial charge in [0.1, 0.15) is 11.5 Å². The van der Waals surface area contributed by atoms with Crippen LogP contribution in [0.4, 0.5) is 5.69 Å². The summed E-state index contributed by atoms with van der Waals surface area (Å²) >= 11 is 0. The molecule has 2 aromatic rings. The average molecular weight is 368 g/mol. The van der Waals surface area contributed by atoms with Crippen molar-refractivity contribution in [1.29, 1.82) is 0 Å². The lowest BCUT2D eigenvalue weighted by molar-refractivity contribution is -0.126. The van der Waals surface area contributed by atoms with Gasteiger partial charge in [-0.05, 0) is 30.2 Å². The lowest BCUT2D eigenvalue weighted by Gasteiger charge is -2.20. The first-order valence-electron chi connectivity index (χ1n) is 8.88. The molecule has 1 fully saturated rings. The number of amides is 2. The van der Waals surface area contributed by atoms with Crippen molar-refractivity contribution in [2.24, 2.45) is 5.92 Å². The largest absolute Gasteiger partial charge is 0.497 e. The predicted molar refractivity (Wildman–Crippen MR) is 103 cm³/mol. The van der Waals surface area contributed by atoms with E-state index in [0.29, 0.717) is 30.3 Å². The fourth-order valence-corrected chi connectivity index (χ4v) is 3.26. The minimum absolute atomic E-state index is 0.0884. The summed E-state index contributed by atoms with van der Waals surface area (Å²) in [6, 6.07) is 13.2. The van der Waals surface area contributed by atoms with Crippen molar-refractivity contribution in [2.75, 3.05) is 25.7 Å². The maximum absolute atomic E-state index is 12.6. The van der Waals surface area contributed by atoms with Gasteiger partial charge in [-0.15, -0.1) is 0 Å². The van der Waals surface area contributed by atoms with E-state index in [2.05, 4.69) is 5.32 Å². The lowest BCUT2D eigenvalue weighted by Crippen LogP contribution is -2.32. The molecule has 3 rings (SSSR count). The number of methoxy groups -OCH3 is 2. The summed E-state index contributed by atoms with van der Waals surface area (Å²) in [7, 11) is 3.12. The number of anilines is 1. The van der Waals surface area contributed by atoms with E-state index in [9.17, 15) is 9.59 Å². The monoisotopic (exact) mass is 368 g/mol. The predicted octanol–water partition coefficient (Wildman–Crippen LogP) is 2.68. The third kappa shape index (κ3) is 4.05. The molecule has 6 nitrogen and oxygen atoms in total. The number of nitrogens with zero attached hydrogens (tertiary/aromatic N) is 1. The number of aryl methyl sites for hydroxylation is 1. The third-order valence-electron chi connectivity index (χ3n) is 4.89. The molecule has 1 heterocycles. The van der Waals surface area contributed by atoms with Gasteiger partial charge in [-0.1, -0.05) is 24.3 Å². The van der Waals surface area contributed by atoms with Gasteiger partial charge in [0.2, 0.25) is 11.8 Å². The van der Waals surface area contributed by atoms with E-state index in [1.54, 1.807) is 37.3 Å². The van der Waals surface area contributed by atoms with Gasteiger partial charge < -0.3 is 19.7 Å². The fourth-order valence-electron chi connectivity index (χ4n) is 3.26. The first-order valence-corrected chi connectivity index (χ1v) is 8.88. The van der Waals surface area contributed by atoms with Gasteiger partial charge in [0.15, 0.2) is 0 Å². The van der Waals surface area contributed by atoms with Crippen LogP contribution >= 0.6 is 0 Å². The van der Waals surface area contributed by atoms with Crippen LogP contribution in [-0.2, 0) is 16.1 Å². The average Bonchev–Trinajstić information content (AvgIpc) is 3.08. The standard InChI is InChI=1S/C21H24N2O4/c1-14-6-4-5-7-15(14)12-22-21(25)16-10-20(24)23(13-16)18-9-8-17(26-2)11-19(18)27-3/h4-9,11,16H,10,12-13H2,1-3H3,(H,22,25). The zero-order valence-corrected chi connectivity index (χ0v) is 15.8. The lowest BCUT2D eigenvalue weighted by atomic mass is 10.1. The second kappa shape index (κ2) is 8.12. The molecule has 27 heavy (non-hydrogen) atoms. The van der Waals surface area contributed by atoms with Gasteiger partial charge in [0.05, 0.1) is 25.8 Å². The Hall–Kier alpha value is -3.02. The summed E-state index contributed by atoms with van der Waals surface area (Å²) in [4.78, 5) is 26.7. The van der Waals surface area contributed by atoms with Crippen LogP contribution in [-0.4, -0.2) is 32.6 Å². The first-order chi connectivity index (χ1) is 13.0. The molecule has 1 atom stereocenters. The Morgan fingerprint density at radius 3 is 2.67 bits per heavy atom. The number of carbonyl (C=O) groups is 2. The molecule has 0 saturated carbocycles. The molecule has 0 radical (unpaired) electrons. The van der Waals surface area contributed by atoms with E-state index >= 15 is 0 Å². The maximum atomic E-state index is 12.6. The molecule has 1 N–H and O–H groups in total. The van der Waals surface area contributed by atoms with Gasteiger partial charge in [-0.25, -0.2) is 0 Å². The van der Waals surface area contributed by atoms with E-state index < -0.39 is 0 Å². The van der Waals surface area contributed by atoms with Crippen molar-refractivity contribution in [3.8, 4) is 11.5 Å². The highest BCUT2D eigenvalue weighted by molar-refractivity contribution is 6.01. The molecule has 0 bridgehead atoms. The quantitative estimate of drug-likeness (QED) is 0.851. The van der Waals surface area contributed by atoms with E-state index in [4.69, 9.17) is 9.47 Å². The number of benzene rings is 2. The SMILES string of the molecule is COc1ccc(N2CC(C(=O)NCc3ccccc3C)CC2=O)c(OC)c1. The topological polar surface area (TPSA) is 67.9 Å². The van der Waals surface area contributed by atoms with E-state index in [1.807, 2.05) is 31.2 Å². The Labute approximate surface area is 159 Å². The summed E-state index contributed by atoms with van der Waals surface area (Å²) in [6.45, 7) is 2.81. The number of ether oxygens (including phenoxy) is 2. The number of carbonyl (C=O) groups excluding carboxylic acids is 2. The molecular weight excluding hydrogens is 344 g/mol. The summed E-state index contributed by atoms with van der Waals surface area (Å²) < 4.78 is 10.6. The van der Waals surface area contributed by atoms with Crippen LogP contribution in [0.1, 0.15) is 17.5 Å². The Balaban J connectivity index is 1.68. The van der Waals surface area contributed by atoms with Crippen molar-refractivity contribution in [1.82, 2.24) is 5.32 Å². The minimum Gasteiger partial charge on any atom is -0.497 e.